The fourth-order valence-electron chi connectivity index (χ4n) is 2.23. The average molecular weight is 598 g/mol. The number of nitrogens with one attached hydrogen (secondary N) is 2. The molecule has 2 aromatic carbocycles. The zero-order valence-corrected chi connectivity index (χ0v) is 18.4. The first-order chi connectivity index (χ1) is 14.5. The Morgan fingerprint density at radius 3 is 1.22 bits per heavy atom. The summed E-state index contributed by atoms with van der Waals surface area (Å²) < 4.78 is 113. The van der Waals surface area contributed by atoms with E-state index >= 15 is 0 Å². The van der Waals surface area contributed by atoms with Crippen molar-refractivity contribution in [3.63, 3.8) is 0 Å². The number of amides is 2. The fourth-order valence-corrected chi connectivity index (χ4v) is 3.03. The summed E-state index contributed by atoms with van der Waals surface area (Å²) in [5.41, 5.74) is -1.02. The zero-order chi connectivity index (χ0) is 24.5. The first-order valence-corrected chi connectivity index (χ1v) is 9.78. The molecule has 0 bridgehead atoms. The minimum Gasteiger partial charge on any atom is -0.321 e. The fraction of sp³-hybridized carbons (Fsp3) is 0.222. The number of hydrogen-bond acceptors (Lipinski definition) is 2. The predicted octanol–water partition coefficient (Wildman–Crippen LogP) is 6.33. The first kappa shape index (κ1) is 26.0. The van der Waals surface area contributed by atoms with E-state index in [1.165, 1.54) is 34.9 Å². The molecule has 0 fully saturated rings. The molecular weight excluding hydrogens is 588 g/mol. The van der Waals surface area contributed by atoms with Crippen molar-refractivity contribution in [3.8, 4) is 0 Å². The molecule has 2 amide bonds. The van der Waals surface area contributed by atoms with E-state index < -0.39 is 46.9 Å². The number of carbonyl (C=O) groups excluding carboxylic acids is 2. The highest BCUT2D eigenvalue weighted by Crippen LogP contribution is 2.53. The van der Waals surface area contributed by atoms with E-state index in [1.807, 2.05) is 0 Å². The molecule has 2 N–H and O–H groups in total. The average Bonchev–Trinajstić information content (AvgIpc) is 2.67. The maximum absolute atomic E-state index is 14.0. The van der Waals surface area contributed by atoms with Crippen LogP contribution in [-0.2, 0) is 9.59 Å². The van der Waals surface area contributed by atoms with Gasteiger partial charge in [-0.05, 0) is 36.4 Å². The lowest BCUT2D eigenvalue weighted by molar-refractivity contribution is -0.345. The van der Waals surface area contributed by atoms with Gasteiger partial charge < -0.3 is 10.6 Å². The molecule has 0 aromatic heterocycles. The van der Waals surface area contributed by atoms with Gasteiger partial charge in [-0.25, -0.2) is 0 Å². The molecule has 0 aliphatic rings. The van der Waals surface area contributed by atoms with E-state index in [9.17, 15) is 44.7 Å². The van der Waals surface area contributed by atoms with Crippen molar-refractivity contribution in [2.75, 3.05) is 10.6 Å². The summed E-state index contributed by atoms with van der Waals surface area (Å²) in [6.07, 6.45) is 0. The number of hydrogen-bond donors (Lipinski definition) is 2. The van der Waals surface area contributed by atoms with E-state index in [2.05, 4.69) is 31.9 Å². The van der Waals surface area contributed by atoms with Gasteiger partial charge in [0, 0.05) is 20.3 Å². The molecule has 174 valence electrons. The second-order valence-corrected chi connectivity index (χ2v) is 8.06. The van der Waals surface area contributed by atoms with Crippen molar-refractivity contribution in [3.05, 3.63) is 57.5 Å². The van der Waals surface area contributed by atoms with Gasteiger partial charge in [-0.1, -0.05) is 44.0 Å². The minimum atomic E-state index is -6.96. The summed E-state index contributed by atoms with van der Waals surface area (Å²) in [7, 11) is 0. The van der Waals surface area contributed by atoms with Gasteiger partial charge in [0.15, 0.2) is 0 Å². The van der Waals surface area contributed by atoms with Crippen LogP contribution in [0.15, 0.2) is 57.5 Å². The summed E-state index contributed by atoms with van der Waals surface area (Å²) >= 11 is 5.79. The van der Waals surface area contributed by atoms with Crippen LogP contribution in [0.5, 0.6) is 0 Å². The Balaban J connectivity index is 2.33. The molecule has 4 nitrogen and oxygen atoms in total. The Morgan fingerprint density at radius 1 is 0.625 bits per heavy atom. The Morgan fingerprint density at radius 2 is 0.938 bits per heavy atom. The van der Waals surface area contributed by atoms with Gasteiger partial charge in [0.25, 0.3) is 0 Å². The Bertz CT molecular complexity index is 952. The lowest BCUT2D eigenvalue weighted by atomic mass is 9.97. The maximum atomic E-state index is 14.0. The molecule has 14 heteroatoms. The number of anilines is 2. The lowest BCUT2D eigenvalue weighted by Crippen LogP contribution is -2.67. The monoisotopic (exact) mass is 596 g/mol. The van der Waals surface area contributed by atoms with Gasteiger partial charge in [-0.15, -0.1) is 0 Å². The summed E-state index contributed by atoms with van der Waals surface area (Å²) in [5.74, 6) is -32.6. The zero-order valence-electron chi connectivity index (χ0n) is 15.2. The molecule has 0 heterocycles. The van der Waals surface area contributed by atoms with Crippen LogP contribution in [0.3, 0.4) is 0 Å². The summed E-state index contributed by atoms with van der Waals surface area (Å²) in [6, 6.07) is 8.93. The van der Waals surface area contributed by atoms with Crippen molar-refractivity contribution in [1.29, 1.82) is 0 Å². The number of carbonyl (C=O) groups is 2. The lowest BCUT2D eigenvalue weighted by Gasteiger charge is -2.35. The van der Waals surface area contributed by atoms with E-state index in [1.54, 1.807) is 0 Å². The van der Waals surface area contributed by atoms with Crippen LogP contribution in [-0.4, -0.2) is 35.5 Å². The standard InChI is InChI=1S/C18H10Br2F8N2O2/c19-9-3-1-5-11(7-9)29-13(31)15(21,22)17(25,26)18(27,28)16(23,24)14(32)30-12-6-2-4-10(20)8-12/h1-8H,(H,29,31)(H,30,32). The van der Waals surface area contributed by atoms with Crippen molar-refractivity contribution >= 4 is 55.0 Å². The molecule has 0 radical (unpaired) electrons. The third-order valence-electron chi connectivity index (χ3n) is 3.92. The molecule has 0 aliphatic heterocycles. The summed E-state index contributed by atoms with van der Waals surface area (Å²) in [5, 5.41) is 2.49. The van der Waals surface area contributed by atoms with Crippen LogP contribution in [0.25, 0.3) is 0 Å². The smallest absolute Gasteiger partial charge is 0.321 e. The number of alkyl halides is 8. The van der Waals surface area contributed by atoms with Crippen LogP contribution in [0.4, 0.5) is 46.5 Å². The second kappa shape index (κ2) is 8.96. The third kappa shape index (κ3) is 4.75. The van der Waals surface area contributed by atoms with Gasteiger partial charge in [-0.2, -0.15) is 35.1 Å². The van der Waals surface area contributed by atoms with Crippen LogP contribution in [0.1, 0.15) is 0 Å². The van der Waals surface area contributed by atoms with Crippen molar-refractivity contribution < 1.29 is 44.7 Å². The number of benzene rings is 2. The first-order valence-electron chi connectivity index (χ1n) is 8.19. The predicted molar refractivity (Wildman–Crippen MR) is 105 cm³/mol. The van der Waals surface area contributed by atoms with Crippen molar-refractivity contribution in [2.24, 2.45) is 0 Å². The third-order valence-corrected chi connectivity index (χ3v) is 4.90. The number of rotatable bonds is 7. The van der Waals surface area contributed by atoms with Gasteiger partial charge in [0.1, 0.15) is 0 Å². The van der Waals surface area contributed by atoms with Crippen LogP contribution >= 0.6 is 31.9 Å². The highest BCUT2D eigenvalue weighted by molar-refractivity contribution is 9.10. The van der Waals surface area contributed by atoms with Crippen LogP contribution in [0.2, 0.25) is 0 Å². The SMILES string of the molecule is O=C(Nc1cccc(Br)c1)C(F)(F)C(F)(F)C(F)(F)C(F)(F)C(=O)Nc1cccc(Br)c1. The van der Waals surface area contributed by atoms with Crippen LogP contribution < -0.4 is 10.6 Å². The number of halogens is 10. The van der Waals surface area contributed by atoms with Gasteiger partial charge in [0.05, 0.1) is 0 Å². The maximum Gasteiger partial charge on any atom is 0.393 e. The normalized spacial score (nSPS) is 12.9. The molecule has 32 heavy (non-hydrogen) atoms. The Hall–Kier alpha value is -2.22. The van der Waals surface area contributed by atoms with E-state index in [0.29, 0.717) is 0 Å². The van der Waals surface area contributed by atoms with Crippen molar-refractivity contribution in [2.45, 2.75) is 23.7 Å². The molecule has 0 saturated heterocycles. The molecule has 0 saturated carbocycles. The van der Waals surface area contributed by atoms with Gasteiger partial charge in [-0.3, -0.25) is 9.59 Å². The Labute approximate surface area is 191 Å². The molecule has 0 spiro atoms. The van der Waals surface area contributed by atoms with E-state index in [0.717, 1.165) is 24.3 Å². The molecule has 0 aliphatic carbocycles. The molecule has 0 atom stereocenters. The molecule has 0 unspecified atom stereocenters. The van der Waals surface area contributed by atoms with Gasteiger partial charge in [0.2, 0.25) is 0 Å². The van der Waals surface area contributed by atoms with Gasteiger partial charge >= 0.3 is 35.5 Å². The summed E-state index contributed by atoms with van der Waals surface area (Å²) in [6.45, 7) is 0. The quantitative estimate of drug-likeness (QED) is 0.367. The minimum absolute atomic E-state index is 0.200. The largest absolute Gasteiger partial charge is 0.393 e. The second-order valence-electron chi connectivity index (χ2n) is 6.23. The molecule has 2 rings (SSSR count). The van der Waals surface area contributed by atoms with E-state index in [4.69, 9.17) is 0 Å². The van der Waals surface area contributed by atoms with E-state index in [-0.39, 0.29) is 8.95 Å². The molecule has 2 aromatic rings. The highest BCUT2D eigenvalue weighted by atomic mass is 79.9. The van der Waals surface area contributed by atoms with Crippen LogP contribution in [0, 0.1) is 0 Å². The summed E-state index contributed by atoms with van der Waals surface area (Å²) in [4.78, 5) is 23.2. The topological polar surface area (TPSA) is 58.2 Å². The highest BCUT2D eigenvalue weighted by Gasteiger charge is 2.84. The molecular formula is C18H10Br2F8N2O2. The Kier molecular flexibility index (Phi) is 7.29. The van der Waals surface area contributed by atoms with Crippen molar-refractivity contribution in [1.82, 2.24) is 0 Å².